The molecule has 92 valence electrons. The maximum Gasteiger partial charge on any atom is 0.311 e. The quantitative estimate of drug-likeness (QED) is 0.871. The molecule has 1 fully saturated rings. The van der Waals surface area contributed by atoms with E-state index in [1.54, 1.807) is 12.1 Å². The molecule has 1 unspecified atom stereocenters. The Morgan fingerprint density at radius 3 is 2.59 bits per heavy atom. The van der Waals surface area contributed by atoms with E-state index in [0.29, 0.717) is 5.56 Å². The normalized spacial score (nSPS) is 18.9. The van der Waals surface area contributed by atoms with Crippen molar-refractivity contribution in [2.75, 3.05) is 0 Å². The highest BCUT2D eigenvalue weighted by molar-refractivity contribution is 5.76. The van der Waals surface area contributed by atoms with Gasteiger partial charge < -0.3 is 5.11 Å². The van der Waals surface area contributed by atoms with Gasteiger partial charge in [-0.2, -0.15) is 0 Å². The van der Waals surface area contributed by atoms with Gasteiger partial charge >= 0.3 is 5.97 Å². The first kappa shape index (κ1) is 12.1. The molecule has 0 aromatic heterocycles. The molecule has 1 aromatic rings. The average Bonchev–Trinajstić information content (AvgIpc) is 2.30. The van der Waals surface area contributed by atoms with Crippen LogP contribution in [0.15, 0.2) is 24.3 Å². The molecular weight excluding hydrogens is 219 g/mol. The first-order valence-electron chi connectivity index (χ1n) is 6.17. The topological polar surface area (TPSA) is 37.3 Å². The Morgan fingerprint density at radius 1 is 1.29 bits per heavy atom. The highest BCUT2D eigenvalue weighted by atomic mass is 19.1. The summed E-state index contributed by atoms with van der Waals surface area (Å²) in [6.07, 6.45) is 5.24. The first-order valence-corrected chi connectivity index (χ1v) is 6.17. The van der Waals surface area contributed by atoms with Crippen LogP contribution in [0.25, 0.3) is 0 Å². The number of carboxylic acid groups (broad SMARTS) is 1. The van der Waals surface area contributed by atoms with Crippen LogP contribution in [0.5, 0.6) is 0 Å². The van der Waals surface area contributed by atoms with E-state index < -0.39 is 11.9 Å². The fourth-order valence-electron chi connectivity index (χ4n) is 2.78. The van der Waals surface area contributed by atoms with E-state index in [1.165, 1.54) is 18.6 Å². The first-order chi connectivity index (χ1) is 8.18. The molecule has 0 spiro atoms. The lowest BCUT2D eigenvalue weighted by Gasteiger charge is -2.27. The van der Waals surface area contributed by atoms with Gasteiger partial charge in [0.05, 0.1) is 5.92 Å². The van der Waals surface area contributed by atoms with Gasteiger partial charge in [0.15, 0.2) is 0 Å². The zero-order valence-electron chi connectivity index (χ0n) is 9.73. The summed E-state index contributed by atoms with van der Waals surface area (Å²) in [5.41, 5.74) is 0.601. The Kier molecular flexibility index (Phi) is 3.77. The van der Waals surface area contributed by atoms with E-state index in [0.717, 1.165) is 25.7 Å². The lowest BCUT2D eigenvalue weighted by atomic mass is 9.77. The number of hydrogen-bond acceptors (Lipinski definition) is 1. The highest BCUT2D eigenvalue weighted by Crippen LogP contribution is 2.36. The van der Waals surface area contributed by atoms with Crippen molar-refractivity contribution < 1.29 is 14.3 Å². The number of carboxylic acids is 1. The number of carbonyl (C=O) groups is 1. The van der Waals surface area contributed by atoms with Crippen molar-refractivity contribution in [2.45, 2.75) is 38.0 Å². The predicted octanol–water partition coefficient (Wildman–Crippen LogP) is 3.57. The Morgan fingerprint density at radius 2 is 2.00 bits per heavy atom. The van der Waals surface area contributed by atoms with Gasteiger partial charge in [0, 0.05) is 0 Å². The van der Waals surface area contributed by atoms with Crippen molar-refractivity contribution in [2.24, 2.45) is 5.92 Å². The smallest absolute Gasteiger partial charge is 0.311 e. The molecule has 1 N–H and O–H groups in total. The van der Waals surface area contributed by atoms with E-state index in [-0.39, 0.29) is 11.7 Å². The lowest BCUT2D eigenvalue weighted by molar-refractivity contribution is -0.140. The summed E-state index contributed by atoms with van der Waals surface area (Å²) < 4.78 is 13.2. The predicted molar refractivity (Wildman–Crippen MR) is 63.4 cm³/mol. The number of rotatable bonds is 3. The van der Waals surface area contributed by atoms with Crippen molar-refractivity contribution >= 4 is 5.97 Å². The number of halogens is 1. The van der Waals surface area contributed by atoms with Crippen molar-refractivity contribution in [3.05, 3.63) is 35.6 Å². The van der Waals surface area contributed by atoms with Gasteiger partial charge in [0.1, 0.15) is 5.82 Å². The molecule has 1 atom stereocenters. The molecule has 3 heteroatoms. The number of aliphatic carboxylic acids is 1. The summed E-state index contributed by atoms with van der Waals surface area (Å²) in [5.74, 6) is -1.58. The Bertz CT molecular complexity index is 397. The minimum Gasteiger partial charge on any atom is -0.481 e. The summed E-state index contributed by atoms with van der Waals surface area (Å²) in [6.45, 7) is 0. The highest BCUT2D eigenvalue weighted by Gasteiger charge is 2.30. The van der Waals surface area contributed by atoms with Crippen molar-refractivity contribution in [3.63, 3.8) is 0 Å². The second-order valence-electron chi connectivity index (χ2n) is 4.77. The fraction of sp³-hybridized carbons (Fsp3) is 0.500. The van der Waals surface area contributed by atoms with Gasteiger partial charge in [-0.05, 0) is 36.5 Å². The minimum atomic E-state index is -0.831. The number of benzene rings is 1. The fourth-order valence-corrected chi connectivity index (χ4v) is 2.78. The van der Waals surface area contributed by atoms with E-state index in [2.05, 4.69) is 0 Å². The Labute approximate surface area is 100 Å². The van der Waals surface area contributed by atoms with E-state index in [9.17, 15) is 14.3 Å². The van der Waals surface area contributed by atoms with Crippen LogP contribution in [0, 0.1) is 11.7 Å². The van der Waals surface area contributed by atoms with Gasteiger partial charge in [-0.15, -0.1) is 0 Å². The van der Waals surface area contributed by atoms with Crippen LogP contribution >= 0.6 is 0 Å². The molecule has 0 aliphatic heterocycles. The minimum absolute atomic E-state index is 0.156. The lowest BCUT2D eigenvalue weighted by Crippen LogP contribution is -2.23. The molecule has 0 bridgehead atoms. The van der Waals surface area contributed by atoms with Crippen LogP contribution in [-0.4, -0.2) is 11.1 Å². The summed E-state index contributed by atoms with van der Waals surface area (Å²) >= 11 is 0. The third kappa shape index (κ3) is 2.84. The van der Waals surface area contributed by atoms with Crippen LogP contribution < -0.4 is 0 Å². The Hall–Kier alpha value is -1.38. The Balaban J connectivity index is 2.25. The maximum atomic E-state index is 13.2. The molecule has 2 rings (SSSR count). The zero-order chi connectivity index (χ0) is 12.3. The van der Waals surface area contributed by atoms with Crippen molar-refractivity contribution in [1.82, 2.24) is 0 Å². The molecule has 1 aliphatic rings. The van der Waals surface area contributed by atoms with Gasteiger partial charge in [0.2, 0.25) is 0 Å². The molecule has 1 saturated carbocycles. The van der Waals surface area contributed by atoms with Gasteiger partial charge in [-0.25, -0.2) is 4.39 Å². The molecule has 17 heavy (non-hydrogen) atoms. The molecule has 1 aliphatic carbocycles. The summed E-state index contributed by atoms with van der Waals surface area (Å²) in [4.78, 5) is 11.4. The third-order valence-corrected chi connectivity index (χ3v) is 3.60. The van der Waals surface area contributed by atoms with Crippen LogP contribution in [0.4, 0.5) is 4.39 Å². The van der Waals surface area contributed by atoms with E-state index >= 15 is 0 Å². The van der Waals surface area contributed by atoms with Gasteiger partial charge in [-0.1, -0.05) is 31.4 Å². The zero-order valence-corrected chi connectivity index (χ0v) is 9.73. The standard InChI is InChI=1S/C14H17FO2/c15-12-8-4-7-11(9-12)13(14(16)17)10-5-2-1-3-6-10/h4,7-10,13H,1-3,5-6H2,(H,16,17). The molecular formula is C14H17FO2. The number of hydrogen-bond donors (Lipinski definition) is 1. The molecule has 0 radical (unpaired) electrons. The largest absolute Gasteiger partial charge is 0.481 e. The summed E-state index contributed by atoms with van der Waals surface area (Å²) in [6, 6.07) is 6.01. The second kappa shape index (κ2) is 5.30. The monoisotopic (exact) mass is 236 g/mol. The third-order valence-electron chi connectivity index (χ3n) is 3.60. The molecule has 2 nitrogen and oxygen atoms in total. The molecule has 0 heterocycles. The summed E-state index contributed by atoms with van der Waals surface area (Å²) in [7, 11) is 0. The van der Waals surface area contributed by atoms with Crippen LogP contribution in [0.3, 0.4) is 0 Å². The van der Waals surface area contributed by atoms with Gasteiger partial charge in [-0.3, -0.25) is 4.79 Å². The summed E-state index contributed by atoms with van der Waals surface area (Å²) in [5, 5.41) is 9.35. The SMILES string of the molecule is O=C(O)C(c1cccc(F)c1)C1CCCCC1. The molecule has 1 aromatic carbocycles. The van der Waals surface area contributed by atoms with Crippen LogP contribution in [0.2, 0.25) is 0 Å². The van der Waals surface area contributed by atoms with Gasteiger partial charge in [0.25, 0.3) is 0 Å². The molecule has 0 amide bonds. The van der Waals surface area contributed by atoms with Crippen molar-refractivity contribution in [1.29, 1.82) is 0 Å². The van der Waals surface area contributed by atoms with Crippen LogP contribution in [-0.2, 0) is 4.79 Å². The van der Waals surface area contributed by atoms with Crippen molar-refractivity contribution in [3.8, 4) is 0 Å². The molecule has 0 saturated heterocycles. The maximum absolute atomic E-state index is 13.2. The average molecular weight is 236 g/mol. The van der Waals surface area contributed by atoms with Crippen LogP contribution in [0.1, 0.15) is 43.6 Å². The van der Waals surface area contributed by atoms with E-state index in [1.807, 2.05) is 0 Å². The van der Waals surface area contributed by atoms with E-state index in [4.69, 9.17) is 0 Å². The second-order valence-corrected chi connectivity index (χ2v) is 4.77.